The second-order valence-corrected chi connectivity index (χ2v) is 6.62. The molecule has 3 rings (SSSR count). The van der Waals surface area contributed by atoms with Gasteiger partial charge in [0.25, 0.3) is 5.91 Å². The van der Waals surface area contributed by atoms with Gasteiger partial charge in [0.1, 0.15) is 5.56 Å². The number of aromatic amines is 1. The lowest BCUT2D eigenvalue weighted by Crippen LogP contribution is -2.39. The molecule has 0 saturated carbocycles. The van der Waals surface area contributed by atoms with Crippen LogP contribution in [0.3, 0.4) is 0 Å². The van der Waals surface area contributed by atoms with Gasteiger partial charge in [-0.3, -0.25) is 14.4 Å². The number of nitrogens with one attached hydrogen (secondary N) is 2. The summed E-state index contributed by atoms with van der Waals surface area (Å²) < 4.78 is 0. The summed E-state index contributed by atoms with van der Waals surface area (Å²) in [7, 11) is 1.68. The molecule has 0 spiro atoms. The van der Waals surface area contributed by atoms with Crippen molar-refractivity contribution in [3.8, 4) is 0 Å². The second kappa shape index (κ2) is 7.31. The molecule has 0 saturated heterocycles. The first-order valence-electron chi connectivity index (χ1n) is 7.71. The third-order valence-corrected chi connectivity index (χ3v) is 4.69. The number of H-pyrrole nitrogens is 1. The topological polar surface area (TPSA) is 82.3 Å². The Morgan fingerprint density at radius 1 is 1.20 bits per heavy atom. The number of rotatable bonds is 5. The molecule has 128 valence electrons. The van der Waals surface area contributed by atoms with Crippen LogP contribution >= 0.6 is 11.3 Å². The van der Waals surface area contributed by atoms with Crippen LogP contribution in [0.1, 0.15) is 15.2 Å². The monoisotopic (exact) mass is 355 g/mol. The highest BCUT2D eigenvalue weighted by atomic mass is 32.1. The molecule has 0 aliphatic rings. The van der Waals surface area contributed by atoms with Gasteiger partial charge in [0.05, 0.1) is 13.1 Å². The molecule has 1 aromatic carbocycles. The van der Waals surface area contributed by atoms with Gasteiger partial charge < -0.3 is 15.2 Å². The zero-order chi connectivity index (χ0) is 17.8. The van der Waals surface area contributed by atoms with E-state index in [-0.39, 0.29) is 23.4 Å². The fourth-order valence-electron chi connectivity index (χ4n) is 2.45. The lowest BCUT2D eigenvalue weighted by molar-refractivity contribution is -0.129. The first-order chi connectivity index (χ1) is 12.1. The molecule has 7 heteroatoms. The number of aromatic nitrogens is 1. The van der Waals surface area contributed by atoms with Crippen molar-refractivity contribution < 1.29 is 9.59 Å². The molecule has 2 amide bonds. The van der Waals surface area contributed by atoms with Crippen LogP contribution in [0.15, 0.2) is 52.8 Å². The molecule has 2 aromatic heterocycles. The highest BCUT2D eigenvalue weighted by Gasteiger charge is 2.15. The Kier molecular flexibility index (Phi) is 4.95. The zero-order valence-corrected chi connectivity index (χ0v) is 14.4. The Hall–Kier alpha value is -2.93. The van der Waals surface area contributed by atoms with Gasteiger partial charge in [-0.15, -0.1) is 11.3 Å². The van der Waals surface area contributed by atoms with E-state index < -0.39 is 5.91 Å². The van der Waals surface area contributed by atoms with Crippen molar-refractivity contribution in [1.29, 1.82) is 0 Å². The standard InChI is InChI=1S/C18H17N3O3S/c1-21(11-12-5-4-8-25-12)16(22)10-20-18(24)14-9-19-15-7-3-2-6-13(15)17(14)23/h2-9H,10-11H2,1H3,(H,19,23)(H,20,24). The fraction of sp³-hybridized carbons (Fsp3) is 0.167. The lowest BCUT2D eigenvalue weighted by atomic mass is 10.1. The number of carbonyl (C=O) groups is 2. The van der Waals surface area contributed by atoms with E-state index in [0.717, 1.165) is 4.88 Å². The molecule has 2 N–H and O–H groups in total. The molecule has 0 atom stereocenters. The van der Waals surface area contributed by atoms with Crippen LogP contribution in [-0.2, 0) is 11.3 Å². The number of hydrogen-bond donors (Lipinski definition) is 2. The Morgan fingerprint density at radius 2 is 2.00 bits per heavy atom. The van der Waals surface area contributed by atoms with E-state index in [1.807, 2.05) is 17.5 Å². The third kappa shape index (κ3) is 3.77. The summed E-state index contributed by atoms with van der Waals surface area (Å²) in [6.45, 7) is 0.329. The van der Waals surface area contributed by atoms with Gasteiger partial charge in [-0.25, -0.2) is 0 Å². The number of carbonyl (C=O) groups excluding carboxylic acids is 2. The average molecular weight is 355 g/mol. The maximum atomic E-state index is 12.4. The predicted octanol–water partition coefficient (Wildman–Crippen LogP) is 1.98. The number of fused-ring (bicyclic) bond motifs is 1. The van der Waals surface area contributed by atoms with Gasteiger partial charge >= 0.3 is 0 Å². The zero-order valence-electron chi connectivity index (χ0n) is 13.6. The second-order valence-electron chi connectivity index (χ2n) is 5.59. The first-order valence-corrected chi connectivity index (χ1v) is 8.59. The van der Waals surface area contributed by atoms with Crippen molar-refractivity contribution in [3.05, 3.63) is 68.6 Å². The van der Waals surface area contributed by atoms with E-state index >= 15 is 0 Å². The quantitative estimate of drug-likeness (QED) is 0.734. The molecular formula is C18H17N3O3S. The predicted molar refractivity (Wildman–Crippen MR) is 97.7 cm³/mol. The maximum Gasteiger partial charge on any atom is 0.257 e. The molecule has 3 aromatic rings. The fourth-order valence-corrected chi connectivity index (χ4v) is 3.20. The van der Waals surface area contributed by atoms with Gasteiger partial charge in [-0.05, 0) is 23.6 Å². The molecular weight excluding hydrogens is 338 g/mol. The van der Waals surface area contributed by atoms with Crippen LogP contribution in [-0.4, -0.2) is 35.3 Å². The SMILES string of the molecule is CN(Cc1cccs1)C(=O)CNC(=O)c1c[nH]c2ccccc2c1=O. The molecule has 2 heterocycles. The minimum absolute atomic E-state index is 0.00703. The van der Waals surface area contributed by atoms with Gasteiger partial charge in [0, 0.05) is 29.0 Å². The van der Waals surface area contributed by atoms with E-state index in [0.29, 0.717) is 17.4 Å². The van der Waals surface area contributed by atoms with Crippen molar-refractivity contribution in [3.63, 3.8) is 0 Å². The number of amides is 2. The summed E-state index contributed by atoms with van der Waals surface area (Å²) in [5.41, 5.74) is 0.300. The van der Waals surface area contributed by atoms with Crippen molar-refractivity contribution in [1.82, 2.24) is 15.2 Å². The Balaban J connectivity index is 1.65. The van der Waals surface area contributed by atoms with Crippen LogP contribution in [0.4, 0.5) is 0 Å². The maximum absolute atomic E-state index is 12.4. The summed E-state index contributed by atoms with van der Waals surface area (Å²) in [5.74, 6) is -0.788. The van der Waals surface area contributed by atoms with Gasteiger partial charge in [-0.2, -0.15) is 0 Å². The number of nitrogens with zero attached hydrogens (tertiary/aromatic N) is 1. The van der Waals surface area contributed by atoms with Crippen LogP contribution in [0, 0.1) is 0 Å². The van der Waals surface area contributed by atoms with Gasteiger partial charge in [0.2, 0.25) is 11.3 Å². The molecule has 0 aliphatic heterocycles. The number of pyridine rings is 1. The number of thiophene rings is 1. The minimum Gasteiger partial charge on any atom is -0.360 e. The molecule has 0 unspecified atom stereocenters. The van der Waals surface area contributed by atoms with E-state index in [1.165, 1.54) is 11.1 Å². The van der Waals surface area contributed by atoms with Crippen molar-refractivity contribution in [2.24, 2.45) is 0 Å². The third-order valence-electron chi connectivity index (χ3n) is 3.83. The smallest absolute Gasteiger partial charge is 0.257 e. The van der Waals surface area contributed by atoms with E-state index in [4.69, 9.17) is 0 Å². The van der Waals surface area contributed by atoms with E-state index in [2.05, 4.69) is 10.3 Å². The summed E-state index contributed by atoms with van der Waals surface area (Å²) in [6.07, 6.45) is 1.37. The molecule has 0 radical (unpaired) electrons. The number of para-hydroxylation sites is 1. The molecule has 25 heavy (non-hydrogen) atoms. The summed E-state index contributed by atoms with van der Waals surface area (Å²) in [5, 5.41) is 4.90. The van der Waals surface area contributed by atoms with Crippen LogP contribution in [0.25, 0.3) is 10.9 Å². The average Bonchev–Trinajstić information content (AvgIpc) is 3.13. The van der Waals surface area contributed by atoms with Crippen LogP contribution in [0.2, 0.25) is 0 Å². The Morgan fingerprint density at radius 3 is 2.76 bits per heavy atom. The highest BCUT2D eigenvalue weighted by Crippen LogP contribution is 2.11. The highest BCUT2D eigenvalue weighted by molar-refractivity contribution is 7.09. The summed E-state index contributed by atoms with van der Waals surface area (Å²) in [6, 6.07) is 10.8. The van der Waals surface area contributed by atoms with Gasteiger partial charge in [0.15, 0.2) is 0 Å². The van der Waals surface area contributed by atoms with Gasteiger partial charge in [-0.1, -0.05) is 18.2 Å². The first kappa shape index (κ1) is 16.9. The molecule has 0 bridgehead atoms. The number of likely N-dealkylation sites (N-methyl/N-ethyl adjacent to an activating group) is 1. The van der Waals surface area contributed by atoms with E-state index in [9.17, 15) is 14.4 Å². The number of benzene rings is 1. The molecule has 6 nitrogen and oxygen atoms in total. The normalized spacial score (nSPS) is 10.6. The van der Waals surface area contributed by atoms with Crippen LogP contribution < -0.4 is 10.7 Å². The van der Waals surface area contributed by atoms with Crippen molar-refractivity contribution >= 4 is 34.1 Å². The minimum atomic E-state index is -0.565. The lowest BCUT2D eigenvalue weighted by Gasteiger charge is -2.16. The van der Waals surface area contributed by atoms with Crippen molar-refractivity contribution in [2.75, 3.05) is 13.6 Å². The Labute approximate surface area is 148 Å². The molecule has 0 fully saturated rings. The van der Waals surface area contributed by atoms with Crippen LogP contribution in [0.5, 0.6) is 0 Å². The largest absolute Gasteiger partial charge is 0.360 e. The summed E-state index contributed by atoms with van der Waals surface area (Å²) >= 11 is 1.57. The van der Waals surface area contributed by atoms with E-state index in [1.54, 1.807) is 42.6 Å². The van der Waals surface area contributed by atoms with Crippen molar-refractivity contribution in [2.45, 2.75) is 6.54 Å². The Bertz CT molecular complexity index is 963. The molecule has 0 aliphatic carbocycles. The number of hydrogen-bond acceptors (Lipinski definition) is 4. The summed E-state index contributed by atoms with van der Waals surface area (Å²) in [4.78, 5) is 42.3.